The lowest BCUT2D eigenvalue weighted by Gasteiger charge is -2.10. The summed E-state index contributed by atoms with van der Waals surface area (Å²) >= 11 is 0. The second kappa shape index (κ2) is 9.44. The van der Waals surface area contributed by atoms with Crippen molar-refractivity contribution in [2.75, 3.05) is 0 Å². The molecule has 0 aromatic heterocycles. The number of fused-ring (bicyclic) bond motifs is 1. The van der Waals surface area contributed by atoms with Gasteiger partial charge in [-0.3, -0.25) is 0 Å². The van der Waals surface area contributed by atoms with Gasteiger partial charge in [-0.1, -0.05) is 140 Å². The van der Waals surface area contributed by atoms with E-state index < -0.39 is 0 Å². The molecule has 0 aliphatic carbocycles. The van der Waals surface area contributed by atoms with E-state index in [2.05, 4.69) is 146 Å². The minimum Gasteiger partial charge on any atom is -0.0622 e. The first-order valence-corrected chi connectivity index (χ1v) is 12.2. The van der Waals surface area contributed by atoms with Gasteiger partial charge in [-0.05, 0) is 67.8 Å². The van der Waals surface area contributed by atoms with Crippen LogP contribution in [0.15, 0.2) is 146 Å². The molecule has 166 valence electrons. The van der Waals surface area contributed by atoms with Crippen LogP contribution in [0.2, 0.25) is 0 Å². The van der Waals surface area contributed by atoms with Crippen molar-refractivity contribution >= 4 is 10.8 Å². The summed E-state index contributed by atoms with van der Waals surface area (Å²) < 4.78 is 0. The van der Waals surface area contributed by atoms with E-state index >= 15 is 0 Å². The van der Waals surface area contributed by atoms with Crippen LogP contribution in [0.25, 0.3) is 44.2 Å². The maximum atomic E-state index is 2.33. The van der Waals surface area contributed by atoms with E-state index in [4.69, 9.17) is 0 Å². The average molecular weight is 447 g/mol. The molecule has 0 saturated heterocycles. The fraction of sp³-hybridized carbons (Fsp3) is 0.0286. The molecule has 0 atom stereocenters. The zero-order valence-electron chi connectivity index (χ0n) is 19.6. The van der Waals surface area contributed by atoms with Crippen LogP contribution in [0, 0.1) is 0 Å². The van der Waals surface area contributed by atoms with Crippen molar-refractivity contribution in [3.05, 3.63) is 157 Å². The van der Waals surface area contributed by atoms with Crippen molar-refractivity contribution in [3.63, 3.8) is 0 Å². The van der Waals surface area contributed by atoms with Crippen LogP contribution >= 0.6 is 0 Å². The van der Waals surface area contributed by atoms with Gasteiger partial charge in [0.05, 0.1) is 0 Å². The van der Waals surface area contributed by atoms with Crippen molar-refractivity contribution in [2.24, 2.45) is 0 Å². The minimum absolute atomic E-state index is 0.936. The summed E-state index contributed by atoms with van der Waals surface area (Å²) in [5.74, 6) is 0. The molecule has 0 fully saturated rings. The highest BCUT2D eigenvalue weighted by Gasteiger charge is 2.07. The van der Waals surface area contributed by atoms with Gasteiger partial charge in [-0.2, -0.15) is 0 Å². The molecule has 6 rings (SSSR count). The quantitative estimate of drug-likeness (QED) is 0.247. The topological polar surface area (TPSA) is 0 Å². The van der Waals surface area contributed by atoms with Gasteiger partial charge in [-0.25, -0.2) is 0 Å². The zero-order chi connectivity index (χ0) is 23.5. The van der Waals surface area contributed by atoms with Gasteiger partial charge in [0.2, 0.25) is 0 Å². The molecule has 0 unspecified atom stereocenters. The first-order valence-electron chi connectivity index (χ1n) is 12.2. The number of hydrogen-bond acceptors (Lipinski definition) is 0. The van der Waals surface area contributed by atoms with E-state index in [0.717, 1.165) is 6.42 Å². The lowest BCUT2D eigenvalue weighted by Crippen LogP contribution is -1.89. The summed E-state index contributed by atoms with van der Waals surface area (Å²) in [5, 5.41) is 2.56. The fourth-order valence-corrected chi connectivity index (χ4v) is 4.82. The Labute approximate surface area is 207 Å². The van der Waals surface area contributed by atoms with Crippen LogP contribution < -0.4 is 0 Å². The number of rotatable bonds is 5. The number of benzene rings is 6. The summed E-state index contributed by atoms with van der Waals surface area (Å²) in [6.07, 6.45) is 0.936. The minimum atomic E-state index is 0.936. The van der Waals surface area contributed by atoms with Crippen LogP contribution in [0.4, 0.5) is 0 Å². The van der Waals surface area contributed by atoms with Crippen LogP contribution in [0.1, 0.15) is 11.1 Å². The smallest absolute Gasteiger partial charge is 0.00258 e. The summed E-state index contributed by atoms with van der Waals surface area (Å²) in [6, 6.07) is 52.5. The highest BCUT2D eigenvalue weighted by atomic mass is 14.1. The Balaban J connectivity index is 1.25. The molecule has 0 amide bonds. The molecule has 0 bridgehead atoms. The molecule has 0 saturated carbocycles. The third-order valence-electron chi connectivity index (χ3n) is 6.72. The summed E-state index contributed by atoms with van der Waals surface area (Å²) in [6.45, 7) is 0. The second-order valence-corrected chi connectivity index (χ2v) is 9.04. The van der Waals surface area contributed by atoms with E-state index in [0.29, 0.717) is 0 Å². The van der Waals surface area contributed by atoms with E-state index in [9.17, 15) is 0 Å². The van der Waals surface area contributed by atoms with Gasteiger partial charge in [0, 0.05) is 0 Å². The zero-order valence-corrected chi connectivity index (χ0v) is 19.6. The molecular formula is C35H26. The molecule has 0 spiro atoms. The predicted octanol–water partition coefficient (Wildman–Crippen LogP) is 9.43. The summed E-state index contributed by atoms with van der Waals surface area (Å²) in [5.41, 5.74) is 10.2. The Morgan fingerprint density at radius 3 is 1.49 bits per heavy atom. The van der Waals surface area contributed by atoms with Crippen molar-refractivity contribution in [1.82, 2.24) is 0 Å². The van der Waals surface area contributed by atoms with E-state index in [-0.39, 0.29) is 0 Å². The SMILES string of the molecule is c1ccc(-c2ccc(Cc3ccc(-c4ccc5cccc(-c6ccccc6)c5c4)cc3)cc2)cc1. The van der Waals surface area contributed by atoms with Crippen molar-refractivity contribution < 1.29 is 0 Å². The predicted molar refractivity (Wildman–Crippen MR) is 150 cm³/mol. The maximum absolute atomic E-state index is 2.33. The third-order valence-corrected chi connectivity index (χ3v) is 6.72. The standard InChI is InChI=1S/C35H26/c1-3-8-28(9-4-1)29-18-14-26(15-19-29)24-27-16-20-30(21-17-27)33-23-22-32-12-7-13-34(35(32)25-33)31-10-5-2-6-11-31/h1-23,25H,24H2. The Morgan fingerprint density at radius 1 is 0.343 bits per heavy atom. The average Bonchev–Trinajstić information content (AvgIpc) is 2.94. The lowest BCUT2D eigenvalue weighted by atomic mass is 9.94. The molecule has 0 aliphatic heterocycles. The lowest BCUT2D eigenvalue weighted by molar-refractivity contribution is 1.19. The normalized spacial score (nSPS) is 11.0. The van der Waals surface area contributed by atoms with Gasteiger partial charge in [0.15, 0.2) is 0 Å². The molecule has 0 radical (unpaired) electrons. The Kier molecular flexibility index (Phi) is 5.70. The van der Waals surface area contributed by atoms with Crippen molar-refractivity contribution in [3.8, 4) is 33.4 Å². The van der Waals surface area contributed by atoms with Crippen LogP contribution in [0.5, 0.6) is 0 Å². The van der Waals surface area contributed by atoms with Crippen molar-refractivity contribution in [2.45, 2.75) is 6.42 Å². The summed E-state index contributed by atoms with van der Waals surface area (Å²) in [4.78, 5) is 0. The molecule has 0 nitrogen and oxygen atoms in total. The Bertz CT molecular complexity index is 1560. The van der Waals surface area contributed by atoms with Gasteiger partial charge >= 0.3 is 0 Å². The van der Waals surface area contributed by atoms with Crippen molar-refractivity contribution in [1.29, 1.82) is 0 Å². The van der Waals surface area contributed by atoms with Gasteiger partial charge < -0.3 is 0 Å². The summed E-state index contributed by atoms with van der Waals surface area (Å²) in [7, 11) is 0. The first-order chi connectivity index (χ1) is 17.3. The first kappa shape index (κ1) is 21.1. The van der Waals surface area contributed by atoms with E-state index in [1.807, 2.05) is 0 Å². The van der Waals surface area contributed by atoms with Crippen LogP contribution in [-0.2, 0) is 6.42 Å². The number of hydrogen-bond donors (Lipinski definition) is 0. The maximum Gasteiger partial charge on any atom is -0.00258 e. The van der Waals surface area contributed by atoms with Crippen LogP contribution in [0.3, 0.4) is 0 Å². The van der Waals surface area contributed by atoms with Gasteiger partial charge in [-0.15, -0.1) is 0 Å². The monoisotopic (exact) mass is 446 g/mol. The van der Waals surface area contributed by atoms with E-state index in [1.165, 1.54) is 55.3 Å². The van der Waals surface area contributed by atoms with E-state index in [1.54, 1.807) is 0 Å². The molecule has 0 heteroatoms. The molecule has 35 heavy (non-hydrogen) atoms. The molecule has 0 heterocycles. The molecule has 0 N–H and O–H groups in total. The highest BCUT2D eigenvalue weighted by Crippen LogP contribution is 2.32. The van der Waals surface area contributed by atoms with Crippen LogP contribution in [-0.4, -0.2) is 0 Å². The third kappa shape index (κ3) is 4.52. The van der Waals surface area contributed by atoms with Gasteiger partial charge in [0.1, 0.15) is 0 Å². The molecule has 6 aromatic rings. The fourth-order valence-electron chi connectivity index (χ4n) is 4.82. The second-order valence-electron chi connectivity index (χ2n) is 9.04. The van der Waals surface area contributed by atoms with Gasteiger partial charge in [0.25, 0.3) is 0 Å². The highest BCUT2D eigenvalue weighted by molar-refractivity contribution is 5.99. The molecular weight excluding hydrogens is 420 g/mol. The largest absolute Gasteiger partial charge is 0.0622 e. The molecule has 6 aromatic carbocycles. The molecule has 0 aliphatic rings. The Morgan fingerprint density at radius 2 is 0.857 bits per heavy atom. The Hall–Kier alpha value is -4.42.